The molecule has 2 aromatic carbocycles. The predicted octanol–water partition coefficient (Wildman–Crippen LogP) is 3.42. The zero-order valence-electron chi connectivity index (χ0n) is 23.5. The lowest BCUT2D eigenvalue weighted by atomic mass is 9.84. The van der Waals surface area contributed by atoms with E-state index >= 15 is 0 Å². The molecule has 0 saturated heterocycles. The number of nitrogens with two attached hydrogens (primary N) is 1. The molecule has 1 heterocycles. The molecule has 0 radical (unpaired) electrons. The van der Waals surface area contributed by atoms with Crippen molar-refractivity contribution in [3.8, 4) is 17.2 Å². The molecule has 1 aliphatic heterocycles. The van der Waals surface area contributed by atoms with E-state index in [4.69, 9.17) is 25.4 Å². The molecule has 0 atom stereocenters. The number of hydrogen-bond donors (Lipinski definition) is 3. The summed E-state index contributed by atoms with van der Waals surface area (Å²) in [6.45, 7) is 8.87. The number of methoxy groups -OCH3 is 1. The first-order valence-corrected chi connectivity index (χ1v) is 12.9. The fourth-order valence-corrected chi connectivity index (χ4v) is 4.46. The van der Waals surface area contributed by atoms with Crippen molar-refractivity contribution in [2.24, 2.45) is 5.73 Å². The molecule has 4 N–H and O–H groups in total. The molecule has 10 heteroatoms. The molecular formula is C29H38N4O6. The summed E-state index contributed by atoms with van der Waals surface area (Å²) < 4.78 is 17.3. The number of primary amides is 1. The van der Waals surface area contributed by atoms with E-state index < -0.39 is 5.91 Å². The Morgan fingerprint density at radius 2 is 1.82 bits per heavy atom. The highest BCUT2D eigenvalue weighted by atomic mass is 16.5. The maximum absolute atomic E-state index is 13.5. The molecule has 3 rings (SSSR count). The number of Topliss-reactive ketones (excluding diaryl/α,β-unsaturated/α-hetero) is 1. The number of amides is 2. The monoisotopic (exact) mass is 538 g/mol. The Hall–Kier alpha value is -4.08. The van der Waals surface area contributed by atoms with Gasteiger partial charge in [0, 0.05) is 36.7 Å². The second kappa shape index (κ2) is 12.2. The van der Waals surface area contributed by atoms with Gasteiger partial charge in [0.1, 0.15) is 11.6 Å². The number of carbonyl (C=O) groups excluding carboxylic acids is 3. The van der Waals surface area contributed by atoms with Crippen molar-refractivity contribution in [1.29, 1.82) is 5.41 Å². The van der Waals surface area contributed by atoms with Gasteiger partial charge in [0.15, 0.2) is 17.3 Å². The minimum atomic E-state index is -0.392. The second-order valence-corrected chi connectivity index (χ2v) is 10.4. The van der Waals surface area contributed by atoms with Gasteiger partial charge in [-0.2, -0.15) is 0 Å². The van der Waals surface area contributed by atoms with Crippen LogP contribution in [0.15, 0.2) is 24.3 Å². The van der Waals surface area contributed by atoms with Gasteiger partial charge in [-0.1, -0.05) is 20.8 Å². The summed E-state index contributed by atoms with van der Waals surface area (Å²) in [5.41, 5.74) is 7.85. The Kier molecular flexibility index (Phi) is 9.21. The molecule has 0 aliphatic carbocycles. The van der Waals surface area contributed by atoms with Gasteiger partial charge in [-0.3, -0.25) is 19.8 Å². The number of nitrogens with one attached hydrogen (secondary N) is 2. The number of rotatable bonds is 12. The largest absolute Gasteiger partial charge is 0.493 e. The quantitative estimate of drug-likeness (QED) is 0.277. The molecule has 0 saturated carbocycles. The van der Waals surface area contributed by atoms with Crippen LogP contribution >= 0.6 is 0 Å². The number of ketones is 1. The van der Waals surface area contributed by atoms with Gasteiger partial charge in [-0.25, -0.2) is 0 Å². The van der Waals surface area contributed by atoms with E-state index in [0.717, 1.165) is 11.1 Å². The van der Waals surface area contributed by atoms with E-state index in [1.807, 2.05) is 27.7 Å². The first-order valence-electron chi connectivity index (χ1n) is 12.9. The minimum absolute atomic E-state index is 0.0294. The highest BCUT2D eigenvalue weighted by Gasteiger charge is 2.31. The summed E-state index contributed by atoms with van der Waals surface area (Å²) >= 11 is 0. The Balaban J connectivity index is 1.88. The summed E-state index contributed by atoms with van der Waals surface area (Å²) in [4.78, 5) is 38.7. The lowest BCUT2D eigenvalue weighted by molar-refractivity contribution is -0.118. The van der Waals surface area contributed by atoms with Crippen LogP contribution in [-0.4, -0.2) is 62.2 Å². The first-order chi connectivity index (χ1) is 18.4. The van der Waals surface area contributed by atoms with E-state index in [1.54, 1.807) is 36.2 Å². The van der Waals surface area contributed by atoms with Crippen LogP contribution in [0, 0.1) is 5.41 Å². The van der Waals surface area contributed by atoms with Crippen LogP contribution in [0.3, 0.4) is 0 Å². The number of hydrogen-bond acceptors (Lipinski definition) is 7. The van der Waals surface area contributed by atoms with Crippen LogP contribution in [0.4, 0.5) is 0 Å². The van der Waals surface area contributed by atoms with E-state index in [0.29, 0.717) is 53.5 Å². The van der Waals surface area contributed by atoms with Crippen LogP contribution in [-0.2, 0) is 16.8 Å². The average molecular weight is 539 g/mol. The van der Waals surface area contributed by atoms with Crippen molar-refractivity contribution in [2.45, 2.75) is 52.5 Å². The molecule has 0 spiro atoms. The maximum atomic E-state index is 13.5. The van der Waals surface area contributed by atoms with Gasteiger partial charge in [0.2, 0.25) is 5.91 Å². The topological polar surface area (TPSA) is 144 Å². The summed E-state index contributed by atoms with van der Waals surface area (Å²) in [5, 5.41) is 11.3. The van der Waals surface area contributed by atoms with Crippen molar-refractivity contribution in [2.75, 3.05) is 33.9 Å². The molecule has 39 heavy (non-hydrogen) atoms. The molecule has 0 unspecified atom stereocenters. The zero-order chi connectivity index (χ0) is 28.9. The third-order valence-electron chi connectivity index (χ3n) is 6.46. The number of amidine groups is 1. The summed E-state index contributed by atoms with van der Waals surface area (Å²) in [6, 6.07) is 6.87. The molecule has 2 aromatic rings. The van der Waals surface area contributed by atoms with Crippen molar-refractivity contribution in [1.82, 2.24) is 10.2 Å². The highest BCUT2D eigenvalue weighted by molar-refractivity contribution is 6.07. The second-order valence-electron chi connectivity index (χ2n) is 10.4. The summed E-state index contributed by atoms with van der Waals surface area (Å²) in [6.07, 6.45) is 0.678. The van der Waals surface area contributed by atoms with Crippen LogP contribution in [0.5, 0.6) is 17.2 Å². The standard InChI is InChI=1S/C29H38N4O6/c1-7-38-23-13-18-15-33(27(31)19(18)14-20(23)28(36)32-5)16-22(34)17-11-21(29(2,3)4)26(24(12-17)37-6)39-10-8-9-25(30)35/h11-14,31H,7-10,15-16H2,1-6H3,(H2,30,35)(H,32,36). The molecule has 210 valence electrons. The summed E-state index contributed by atoms with van der Waals surface area (Å²) in [7, 11) is 3.05. The fourth-order valence-electron chi connectivity index (χ4n) is 4.46. The lowest BCUT2D eigenvalue weighted by Gasteiger charge is -2.26. The first kappa shape index (κ1) is 29.5. The molecule has 2 amide bonds. The number of carbonyl (C=O) groups is 3. The third-order valence-corrected chi connectivity index (χ3v) is 6.46. The van der Waals surface area contributed by atoms with E-state index in [2.05, 4.69) is 5.32 Å². The van der Waals surface area contributed by atoms with E-state index in [9.17, 15) is 14.4 Å². The maximum Gasteiger partial charge on any atom is 0.254 e. The molecule has 0 fully saturated rings. The number of benzene rings is 2. The Bertz CT molecular complexity index is 1280. The molecule has 10 nitrogen and oxygen atoms in total. The SMILES string of the molecule is CCOc1cc2c(cc1C(=O)NC)C(=N)N(CC(=O)c1cc(OC)c(OCCCC(N)=O)c(C(C)(C)C)c1)C2. The Morgan fingerprint density at radius 1 is 1.10 bits per heavy atom. The van der Waals surface area contributed by atoms with Gasteiger partial charge in [-0.15, -0.1) is 0 Å². The third kappa shape index (κ3) is 6.68. The smallest absolute Gasteiger partial charge is 0.254 e. The summed E-state index contributed by atoms with van der Waals surface area (Å²) in [5.74, 6) is 0.678. The van der Waals surface area contributed by atoms with Gasteiger partial charge in [-0.05, 0) is 48.6 Å². The Morgan fingerprint density at radius 3 is 2.41 bits per heavy atom. The fraction of sp³-hybridized carbons (Fsp3) is 0.448. The van der Waals surface area contributed by atoms with Crippen molar-refractivity contribution in [3.05, 3.63) is 52.1 Å². The molecule has 0 aromatic heterocycles. The Labute approximate surface area is 229 Å². The normalized spacial score (nSPS) is 12.7. The van der Waals surface area contributed by atoms with Crippen molar-refractivity contribution in [3.63, 3.8) is 0 Å². The van der Waals surface area contributed by atoms with Crippen LogP contribution in [0.1, 0.15) is 77.9 Å². The highest BCUT2D eigenvalue weighted by Crippen LogP contribution is 2.40. The van der Waals surface area contributed by atoms with E-state index in [-0.39, 0.29) is 42.5 Å². The van der Waals surface area contributed by atoms with Gasteiger partial charge >= 0.3 is 0 Å². The average Bonchev–Trinajstić information content (AvgIpc) is 3.18. The van der Waals surface area contributed by atoms with Crippen molar-refractivity contribution >= 4 is 23.4 Å². The van der Waals surface area contributed by atoms with Crippen molar-refractivity contribution < 1.29 is 28.6 Å². The van der Waals surface area contributed by atoms with Crippen LogP contribution < -0.4 is 25.3 Å². The molecule has 1 aliphatic rings. The zero-order valence-corrected chi connectivity index (χ0v) is 23.5. The number of ether oxygens (including phenoxy) is 3. The van der Waals surface area contributed by atoms with Gasteiger partial charge < -0.3 is 30.2 Å². The van der Waals surface area contributed by atoms with Gasteiger partial charge in [0.25, 0.3) is 5.91 Å². The molecule has 0 bridgehead atoms. The number of nitrogens with zero attached hydrogens (tertiary/aromatic N) is 1. The predicted molar refractivity (Wildman–Crippen MR) is 148 cm³/mol. The lowest BCUT2D eigenvalue weighted by Crippen LogP contribution is -2.30. The molecular weight excluding hydrogens is 500 g/mol. The number of fused-ring (bicyclic) bond motifs is 1. The van der Waals surface area contributed by atoms with Crippen LogP contribution in [0.25, 0.3) is 0 Å². The van der Waals surface area contributed by atoms with Gasteiger partial charge in [0.05, 0.1) is 32.4 Å². The van der Waals surface area contributed by atoms with Crippen LogP contribution in [0.2, 0.25) is 0 Å². The minimum Gasteiger partial charge on any atom is -0.493 e. The van der Waals surface area contributed by atoms with E-state index in [1.165, 1.54) is 7.11 Å².